The van der Waals surface area contributed by atoms with Crippen LogP contribution < -0.4 is 16.0 Å². The van der Waals surface area contributed by atoms with Crippen molar-refractivity contribution < 1.29 is 9.53 Å². The molecule has 0 spiro atoms. The molecule has 106 valence electrons. The highest BCUT2D eigenvalue weighted by atomic mass is 16.5. The molecule has 0 aliphatic carbocycles. The molecule has 0 bridgehead atoms. The molecule has 0 fully saturated rings. The van der Waals surface area contributed by atoms with Crippen LogP contribution >= 0.6 is 0 Å². The summed E-state index contributed by atoms with van der Waals surface area (Å²) in [6.07, 6.45) is 0.981. The van der Waals surface area contributed by atoms with Crippen molar-refractivity contribution >= 4 is 5.91 Å². The zero-order valence-electron chi connectivity index (χ0n) is 12.2. The summed E-state index contributed by atoms with van der Waals surface area (Å²) in [6, 6.07) is 5.94. The topological polar surface area (TPSA) is 64.3 Å². The van der Waals surface area contributed by atoms with Crippen molar-refractivity contribution in [2.24, 2.45) is 5.84 Å². The second kappa shape index (κ2) is 7.14. The molecular weight excluding hydrogens is 240 g/mol. The lowest BCUT2D eigenvalue weighted by Gasteiger charge is -2.18. The molecular formula is C15H24N2O2. The number of benzene rings is 1. The summed E-state index contributed by atoms with van der Waals surface area (Å²) in [7, 11) is 0. The average Bonchev–Trinajstić information content (AvgIpc) is 2.37. The molecule has 1 amide bonds. The van der Waals surface area contributed by atoms with Crippen molar-refractivity contribution in [3.8, 4) is 5.75 Å². The highest BCUT2D eigenvalue weighted by Gasteiger charge is 2.18. The molecule has 0 heterocycles. The van der Waals surface area contributed by atoms with Gasteiger partial charge in [0.1, 0.15) is 5.75 Å². The molecule has 4 nitrogen and oxygen atoms in total. The molecule has 0 saturated carbocycles. The number of nitrogens with two attached hydrogens (primary N) is 1. The Morgan fingerprint density at radius 3 is 2.58 bits per heavy atom. The monoisotopic (exact) mass is 264 g/mol. The minimum absolute atomic E-state index is 0.285. The minimum Gasteiger partial charge on any atom is -0.481 e. The van der Waals surface area contributed by atoms with Gasteiger partial charge in [0.25, 0.3) is 5.91 Å². The number of nitrogens with one attached hydrogen (secondary N) is 1. The molecule has 0 aliphatic heterocycles. The molecule has 1 aromatic rings. The van der Waals surface area contributed by atoms with E-state index in [1.54, 1.807) is 0 Å². The lowest BCUT2D eigenvalue weighted by atomic mass is 9.98. The number of rotatable bonds is 6. The van der Waals surface area contributed by atoms with E-state index < -0.39 is 6.10 Å². The summed E-state index contributed by atoms with van der Waals surface area (Å²) in [4.78, 5) is 11.6. The Hall–Kier alpha value is -1.55. The van der Waals surface area contributed by atoms with E-state index in [0.717, 1.165) is 6.42 Å². The first kappa shape index (κ1) is 15.5. The Morgan fingerprint density at radius 2 is 2.11 bits per heavy atom. The fourth-order valence-corrected chi connectivity index (χ4v) is 2.13. The highest BCUT2D eigenvalue weighted by molar-refractivity contribution is 5.80. The van der Waals surface area contributed by atoms with Gasteiger partial charge < -0.3 is 4.74 Å². The molecule has 19 heavy (non-hydrogen) atoms. The fourth-order valence-electron chi connectivity index (χ4n) is 2.13. The number of amides is 1. The summed E-state index contributed by atoms with van der Waals surface area (Å²) in [5.41, 5.74) is 4.62. The van der Waals surface area contributed by atoms with Gasteiger partial charge in [-0.3, -0.25) is 10.2 Å². The van der Waals surface area contributed by atoms with Crippen LogP contribution in [-0.4, -0.2) is 12.0 Å². The Kier molecular flexibility index (Phi) is 5.83. The zero-order valence-corrected chi connectivity index (χ0v) is 12.2. The quantitative estimate of drug-likeness (QED) is 0.471. The van der Waals surface area contributed by atoms with E-state index in [2.05, 4.69) is 32.3 Å². The van der Waals surface area contributed by atoms with Gasteiger partial charge in [-0.05, 0) is 42.5 Å². The van der Waals surface area contributed by atoms with Gasteiger partial charge in [0.15, 0.2) is 6.10 Å². The van der Waals surface area contributed by atoms with E-state index in [1.807, 2.05) is 19.1 Å². The van der Waals surface area contributed by atoms with Crippen LogP contribution in [0.2, 0.25) is 0 Å². The van der Waals surface area contributed by atoms with Crippen LogP contribution in [0.4, 0.5) is 0 Å². The first-order chi connectivity index (χ1) is 8.99. The van der Waals surface area contributed by atoms with E-state index in [-0.39, 0.29) is 5.91 Å². The third-order valence-electron chi connectivity index (χ3n) is 3.13. The number of hydrogen-bond donors (Lipinski definition) is 2. The minimum atomic E-state index is -0.528. The van der Waals surface area contributed by atoms with Crippen molar-refractivity contribution in [3.05, 3.63) is 29.3 Å². The number of carbonyl (C=O) groups excluding carboxylic acids is 1. The van der Waals surface area contributed by atoms with Gasteiger partial charge in [-0.15, -0.1) is 0 Å². The van der Waals surface area contributed by atoms with Gasteiger partial charge in [0, 0.05) is 0 Å². The number of aryl methyl sites for hydroxylation is 1. The lowest BCUT2D eigenvalue weighted by Crippen LogP contribution is -2.42. The molecule has 4 heteroatoms. The van der Waals surface area contributed by atoms with Gasteiger partial charge in [-0.1, -0.05) is 33.3 Å². The Balaban J connectivity index is 2.85. The van der Waals surface area contributed by atoms with Crippen LogP contribution in [0.25, 0.3) is 0 Å². The van der Waals surface area contributed by atoms with E-state index in [9.17, 15) is 4.79 Å². The van der Waals surface area contributed by atoms with Crippen LogP contribution in [0.15, 0.2) is 18.2 Å². The third-order valence-corrected chi connectivity index (χ3v) is 3.13. The Morgan fingerprint density at radius 1 is 1.42 bits per heavy atom. The molecule has 1 aromatic carbocycles. The summed E-state index contributed by atoms with van der Waals surface area (Å²) in [5, 5.41) is 0. The highest BCUT2D eigenvalue weighted by Crippen LogP contribution is 2.24. The van der Waals surface area contributed by atoms with E-state index in [1.165, 1.54) is 11.1 Å². The molecule has 0 aliphatic rings. The number of hydrazine groups is 1. The summed E-state index contributed by atoms with van der Waals surface area (Å²) >= 11 is 0. The largest absolute Gasteiger partial charge is 0.481 e. The van der Waals surface area contributed by atoms with Crippen molar-refractivity contribution in [2.75, 3.05) is 0 Å². The zero-order chi connectivity index (χ0) is 14.4. The van der Waals surface area contributed by atoms with Gasteiger partial charge in [-0.25, -0.2) is 5.84 Å². The van der Waals surface area contributed by atoms with E-state index >= 15 is 0 Å². The van der Waals surface area contributed by atoms with Gasteiger partial charge in [0.2, 0.25) is 0 Å². The van der Waals surface area contributed by atoms with Crippen molar-refractivity contribution in [1.82, 2.24) is 5.43 Å². The molecule has 1 unspecified atom stereocenters. The van der Waals surface area contributed by atoms with Gasteiger partial charge in [-0.2, -0.15) is 0 Å². The van der Waals surface area contributed by atoms with Gasteiger partial charge in [0.05, 0.1) is 0 Å². The van der Waals surface area contributed by atoms with Crippen LogP contribution in [0.3, 0.4) is 0 Å². The second-order valence-corrected chi connectivity index (χ2v) is 5.08. The maximum atomic E-state index is 11.6. The number of hydrogen-bond acceptors (Lipinski definition) is 3. The molecule has 0 aromatic heterocycles. The summed E-state index contributed by atoms with van der Waals surface area (Å²) in [5.74, 6) is 6.08. The molecule has 1 rings (SSSR count). The molecule has 0 saturated heterocycles. The number of ether oxygens (including phenoxy) is 1. The van der Waals surface area contributed by atoms with Crippen molar-refractivity contribution in [2.45, 2.75) is 52.6 Å². The lowest BCUT2D eigenvalue weighted by molar-refractivity contribution is -0.128. The Labute approximate surface area is 115 Å². The summed E-state index contributed by atoms with van der Waals surface area (Å²) in [6.45, 7) is 8.38. The predicted octanol–water partition coefficient (Wildman–Crippen LogP) is 2.66. The SMILES string of the molecule is CCCC(Oc1ccc(C(C)C)c(C)c1)C(=O)NN. The second-order valence-electron chi connectivity index (χ2n) is 5.08. The fraction of sp³-hybridized carbons (Fsp3) is 0.533. The average molecular weight is 264 g/mol. The van der Waals surface area contributed by atoms with Gasteiger partial charge >= 0.3 is 0 Å². The Bertz CT molecular complexity index is 430. The van der Waals surface area contributed by atoms with Crippen LogP contribution in [0.5, 0.6) is 5.75 Å². The maximum Gasteiger partial charge on any atom is 0.274 e. The van der Waals surface area contributed by atoms with Crippen LogP contribution in [0, 0.1) is 6.92 Å². The number of carbonyl (C=O) groups is 1. The third kappa shape index (κ3) is 4.24. The first-order valence-corrected chi connectivity index (χ1v) is 6.77. The van der Waals surface area contributed by atoms with Crippen LogP contribution in [0.1, 0.15) is 50.7 Å². The maximum absolute atomic E-state index is 11.6. The predicted molar refractivity (Wildman–Crippen MR) is 76.9 cm³/mol. The standard InChI is InChI=1S/C15H24N2O2/c1-5-6-14(15(18)17-16)19-12-7-8-13(10(2)3)11(4)9-12/h7-10,14H,5-6,16H2,1-4H3,(H,17,18). The normalized spacial score (nSPS) is 12.3. The van der Waals surface area contributed by atoms with Crippen LogP contribution in [-0.2, 0) is 4.79 Å². The first-order valence-electron chi connectivity index (χ1n) is 6.77. The van der Waals surface area contributed by atoms with E-state index in [4.69, 9.17) is 10.6 Å². The molecule has 3 N–H and O–H groups in total. The molecule has 0 radical (unpaired) electrons. The molecule has 1 atom stereocenters. The van der Waals surface area contributed by atoms with Crippen molar-refractivity contribution in [1.29, 1.82) is 0 Å². The smallest absolute Gasteiger partial charge is 0.274 e. The summed E-state index contributed by atoms with van der Waals surface area (Å²) < 4.78 is 5.73. The van der Waals surface area contributed by atoms with E-state index in [0.29, 0.717) is 18.1 Å². The van der Waals surface area contributed by atoms with Crippen molar-refractivity contribution in [3.63, 3.8) is 0 Å².